The van der Waals surface area contributed by atoms with Gasteiger partial charge in [0.1, 0.15) is 6.04 Å². The van der Waals surface area contributed by atoms with Crippen molar-refractivity contribution in [2.24, 2.45) is 5.92 Å². The van der Waals surface area contributed by atoms with Crippen LogP contribution in [0.5, 0.6) is 0 Å². The molecule has 3 rings (SSSR count). The van der Waals surface area contributed by atoms with Crippen LogP contribution in [0.2, 0.25) is 0 Å². The summed E-state index contributed by atoms with van der Waals surface area (Å²) >= 11 is 0. The van der Waals surface area contributed by atoms with Crippen LogP contribution >= 0.6 is 0 Å². The number of morpholine rings is 1. The van der Waals surface area contributed by atoms with E-state index in [1.165, 1.54) is 0 Å². The maximum absolute atomic E-state index is 13.2. The molecule has 2 fully saturated rings. The number of carbonyl (C=O) groups excluding carboxylic acids is 3. The topological polar surface area (TPSA) is 102 Å². The van der Waals surface area contributed by atoms with Crippen molar-refractivity contribution >= 4 is 29.6 Å². The van der Waals surface area contributed by atoms with Crippen LogP contribution in [-0.2, 0) is 19.1 Å². The number of nitrogens with one attached hydrogen (secondary N) is 1. The lowest BCUT2D eigenvalue weighted by Crippen LogP contribution is -2.47. The standard InChI is InChI=1S/C23H34N4O5/c1-2-3-5-18(16-26(31)17-28)23(30)27-11-4-6-21(27)22(29)24-19-7-9-20(10-8-19)25-12-14-32-15-13-25/h7-10,17-18,21,31H,2-6,11-16H2,1H3,(H,24,29)/t18-,21+/m1/s1. The zero-order chi connectivity index (χ0) is 22.9. The second kappa shape index (κ2) is 11.8. The van der Waals surface area contributed by atoms with Crippen molar-refractivity contribution in [2.75, 3.05) is 49.6 Å². The fraction of sp³-hybridized carbons (Fsp3) is 0.609. The SMILES string of the molecule is CCCC[C@H](CN(O)C=O)C(=O)N1CCC[C@H]1C(=O)Nc1ccc(N2CCOCC2)cc1. The van der Waals surface area contributed by atoms with Crippen LogP contribution in [0.15, 0.2) is 24.3 Å². The summed E-state index contributed by atoms with van der Waals surface area (Å²) in [6.45, 7) is 5.58. The summed E-state index contributed by atoms with van der Waals surface area (Å²) in [5, 5.41) is 13.1. The maximum atomic E-state index is 13.2. The van der Waals surface area contributed by atoms with Gasteiger partial charge in [0.05, 0.1) is 25.7 Å². The molecule has 2 saturated heterocycles. The molecule has 9 nitrogen and oxygen atoms in total. The number of hydrogen-bond acceptors (Lipinski definition) is 6. The van der Waals surface area contributed by atoms with Crippen molar-refractivity contribution in [3.8, 4) is 0 Å². The Labute approximate surface area is 189 Å². The lowest BCUT2D eigenvalue weighted by atomic mass is 9.99. The number of ether oxygens (including phenoxy) is 1. The molecule has 1 aromatic carbocycles. The molecule has 2 aliphatic rings. The molecular weight excluding hydrogens is 412 g/mol. The maximum Gasteiger partial charge on any atom is 0.247 e. The first-order valence-corrected chi connectivity index (χ1v) is 11.5. The Morgan fingerprint density at radius 2 is 1.97 bits per heavy atom. The molecule has 9 heteroatoms. The summed E-state index contributed by atoms with van der Waals surface area (Å²) in [4.78, 5) is 40.8. The smallest absolute Gasteiger partial charge is 0.247 e. The largest absolute Gasteiger partial charge is 0.378 e. The van der Waals surface area contributed by atoms with Crippen LogP contribution in [0, 0.1) is 5.92 Å². The Morgan fingerprint density at radius 1 is 1.25 bits per heavy atom. The van der Waals surface area contributed by atoms with Gasteiger partial charge in [0, 0.05) is 31.0 Å². The Hall–Kier alpha value is -2.65. The third-order valence-corrected chi connectivity index (χ3v) is 6.13. The highest BCUT2D eigenvalue weighted by molar-refractivity contribution is 5.98. The number of hydrogen-bond donors (Lipinski definition) is 2. The normalized spacial score (nSPS) is 19.5. The van der Waals surface area contributed by atoms with Crippen LogP contribution in [0.3, 0.4) is 0 Å². The van der Waals surface area contributed by atoms with Gasteiger partial charge in [-0.2, -0.15) is 0 Å². The van der Waals surface area contributed by atoms with Gasteiger partial charge in [0.25, 0.3) is 0 Å². The minimum atomic E-state index is -0.547. The van der Waals surface area contributed by atoms with E-state index in [1.807, 2.05) is 31.2 Å². The summed E-state index contributed by atoms with van der Waals surface area (Å²) in [6, 6.07) is 7.17. The van der Waals surface area contributed by atoms with E-state index >= 15 is 0 Å². The second-order valence-corrected chi connectivity index (χ2v) is 8.39. The van der Waals surface area contributed by atoms with E-state index < -0.39 is 12.0 Å². The third kappa shape index (κ3) is 6.20. The molecule has 2 heterocycles. The third-order valence-electron chi connectivity index (χ3n) is 6.13. The summed E-state index contributed by atoms with van der Waals surface area (Å²) in [5.41, 5.74) is 1.78. The number of rotatable bonds is 10. The molecule has 1 aromatic rings. The molecule has 0 spiro atoms. The Kier molecular flexibility index (Phi) is 8.87. The van der Waals surface area contributed by atoms with Gasteiger partial charge >= 0.3 is 0 Å². The summed E-state index contributed by atoms with van der Waals surface area (Å²) in [6.07, 6.45) is 3.93. The fourth-order valence-electron chi connectivity index (χ4n) is 4.35. The predicted molar refractivity (Wildman–Crippen MR) is 120 cm³/mol. The van der Waals surface area contributed by atoms with E-state index in [1.54, 1.807) is 4.90 Å². The minimum Gasteiger partial charge on any atom is -0.378 e. The first-order valence-electron chi connectivity index (χ1n) is 11.5. The lowest BCUT2D eigenvalue weighted by molar-refractivity contribution is -0.157. The zero-order valence-corrected chi connectivity index (χ0v) is 18.7. The molecule has 2 aliphatic heterocycles. The molecule has 0 saturated carbocycles. The van der Waals surface area contributed by atoms with Gasteiger partial charge in [-0.3, -0.25) is 19.6 Å². The molecule has 32 heavy (non-hydrogen) atoms. The quantitative estimate of drug-likeness (QED) is 0.324. The molecule has 2 atom stereocenters. The average Bonchev–Trinajstić information content (AvgIpc) is 3.32. The monoisotopic (exact) mass is 446 g/mol. The predicted octanol–water partition coefficient (Wildman–Crippen LogP) is 2.11. The van der Waals surface area contributed by atoms with Crippen molar-refractivity contribution < 1.29 is 24.3 Å². The van der Waals surface area contributed by atoms with Crippen LogP contribution in [0.4, 0.5) is 11.4 Å². The van der Waals surface area contributed by atoms with Crippen molar-refractivity contribution in [2.45, 2.75) is 45.1 Å². The van der Waals surface area contributed by atoms with Gasteiger partial charge in [-0.15, -0.1) is 0 Å². The Bertz CT molecular complexity index is 766. The van der Waals surface area contributed by atoms with Gasteiger partial charge in [-0.05, 0) is 43.5 Å². The number of likely N-dealkylation sites (tertiary alicyclic amines) is 1. The summed E-state index contributed by atoms with van der Waals surface area (Å²) < 4.78 is 5.39. The molecule has 0 aliphatic carbocycles. The van der Waals surface area contributed by atoms with E-state index in [9.17, 15) is 19.6 Å². The average molecular weight is 447 g/mol. The second-order valence-electron chi connectivity index (χ2n) is 8.39. The van der Waals surface area contributed by atoms with Gasteiger partial charge in [-0.1, -0.05) is 19.8 Å². The highest BCUT2D eigenvalue weighted by Crippen LogP contribution is 2.25. The van der Waals surface area contributed by atoms with Crippen LogP contribution in [0.1, 0.15) is 39.0 Å². The van der Waals surface area contributed by atoms with E-state index in [0.717, 1.165) is 38.0 Å². The van der Waals surface area contributed by atoms with Crippen molar-refractivity contribution in [3.63, 3.8) is 0 Å². The molecule has 0 aromatic heterocycles. The van der Waals surface area contributed by atoms with Crippen LogP contribution in [0.25, 0.3) is 0 Å². The van der Waals surface area contributed by atoms with Gasteiger partial charge in [0.2, 0.25) is 18.2 Å². The highest BCUT2D eigenvalue weighted by atomic mass is 16.5. The van der Waals surface area contributed by atoms with Crippen LogP contribution in [-0.4, -0.2) is 78.8 Å². The number of nitrogens with zero attached hydrogens (tertiary/aromatic N) is 3. The molecule has 0 bridgehead atoms. The molecular formula is C23H34N4O5. The number of amides is 3. The summed E-state index contributed by atoms with van der Waals surface area (Å²) in [7, 11) is 0. The van der Waals surface area contributed by atoms with Gasteiger partial charge in [0.15, 0.2) is 0 Å². The molecule has 0 unspecified atom stereocenters. The van der Waals surface area contributed by atoms with E-state index in [2.05, 4.69) is 10.2 Å². The Morgan fingerprint density at radius 3 is 2.62 bits per heavy atom. The number of unbranched alkanes of at least 4 members (excludes halogenated alkanes) is 1. The highest BCUT2D eigenvalue weighted by Gasteiger charge is 2.37. The summed E-state index contributed by atoms with van der Waals surface area (Å²) in [5.74, 6) is -0.911. The number of carbonyl (C=O) groups is 3. The first kappa shape index (κ1) is 24.0. The van der Waals surface area contributed by atoms with E-state index in [0.29, 0.717) is 49.8 Å². The number of benzene rings is 1. The number of anilines is 2. The van der Waals surface area contributed by atoms with E-state index in [4.69, 9.17) is 4.74 Å². The van der Waals surface area contributed by atoms with Crippen molar-refractivity contribution in [3.05, 3.63) is 24.3 Å². The Balaban J connectivity index is 1.62. The van der Waals surface area contributed by atoms with Gasteiger partial charge in [-0.25, -0.2) is 5.06 Å². The van der Waals surface area contributed by atoms with E-state index in [-0.39, 0.29) is 18.4 Å². The minimum absolute atomic E-state index is 0.0594. The lowest BCUT2D eigenvalue weighted by Gasteiger charge is -2.29. The number of hydroxylamine groups is 2. The fourth-order valence-corrected chi connectivity index (χ4v) is 4.35. The molecule has 0 radical (unpaired) electrons. The van der Waals surface area contributed by atoms with Crippen molar-refractivity contribution in [1.29, 1.82) is 0 Å². The first-order chi connectivity index (χ1) is 15.5. The van der Waals surface area contributed by atoms with Gasteiger partial charge < -0.3 is 19.9 Å². The van der Waals surface area contributed by atoms with Crippen LogP contribution < -0.4 is 10.2 Å². The zero-order valence-electron chi connectivity index (χ0n) is 18.7. The molecule has 2 N–H and O–H groups in total. The van der Waals surface area contributed by atoms with Crippen molar-refractivity contribution in [1.82, 2.24) is 9.96 Å². The molecule has 3 amide bonds. The molecule has 176 valence electrons.